The highest BCUT2D eigenvalue weighted by Crippen LogP contribution is 2.45. The summed E-state index contributed by atoms with van der Waals surface area (Å²) in [6.07, 6.45) is 7.53. The van der Waals surface area contributed by atoms with Gasteiger partial charge in [0.05, 0.1) is 19.3 Å². The van der Waals surface area contributed by atoms with Crippen molar-refractivity contribution in [3.8, 4) is 5.75 Å². The number of nitrogens with zero attached hydrogens (tertiary/aromatic N) is 3. The summed E-state index contributed by atoms with van der Waals surface area (Å²) in [5.74, 6) is 1.14. The van der Waals surface area contributed by atoms with Gasteiger partial charge in [0, 0.05) is 62.8 Å². The molecule has 0 saturated carbocycles. The van der Waals surface area contributed by atoms with Crippen molar-refractivity contribution in [2.24, 2.45) is 5.92 Å². The first kappa shape index (κ1) is 26.6. The lowest BCUT2D eigenvalue weighted by Crippen LogP contribution is -2.48. The van der Waals surface area contributed by atoms with Crippen LogP contribution in [0.25, 0.3) is 0 Å². The van der Waals surface area contributed by atoms with Crippen LogP contribution in [0.2, 0.25) is 0 Å². The molecule has 1 aromatic carbocycles. The average molecular weight is 541 g/mol. The van der Waals surface area contributed by atoms with Gasteiger partial charge in [-0.3, -0.25) is 14.6 Å². The predicted molar refractivity (Wildman–Crippen MR) is 147 cm³/mol. The van der Waals surface area contributed by atoms with Crippen LogP contribution in [0.15, 0.2) is 58.8 Å². The van der Waals surface area contributed by atoms with Crippen molar-refractivity contribution in [3.63, 3.8) is 0 Å². The molecule has 38 heavy (non-hydrogen) atoms. The van der Waals surface area contributed by atoms with Gasteiger partial charge in [0.1, 0.15) is 11.8 Å². The number of fused-ring (bicyclic) bond motifs is 2. The lowest BCUT2D eigenvalue weighted by atomic mass is 9.85. The lowest BCUT2D eigenvalue weighted by molar-refractivity contribution is -0.130. The highest BCUT2D eigenvalue weighted by atomic mass is 35.5. The van der Waals surface area contributed by atoms with Gasteiger partial charge in [-0.05, 0) is 49.1 Å². The summed E-state index contributed by atoms with van der Waals surface area (Å²) in [6, 6.07) is 7.92. The van der Waals surface area contributed by atoms with Gasteiger partial charge in [0.2, 0.25) is 5.91 Å². The molecule has 204 valence electrons. The van der Waals surface area contributed by atoms with Crippen LogP contribution < -0.4 is 10.1 Å². The van der Waals surface area contributed by atoms with E-state index < -0.39 is 0 Å². The van der Waals surface area contributed by atoms with Gasteiger partial charge < -0.3 is 19.7 Å². The van der Waals surface area contributed by atoms with Crippen molar-refractivity contribution in [3.05, 3.63) is 64.4 Å². The van der Waals surface area contributed by atoms with Crippen molar-refractivity contribution in [2.75, 3.05) is 52.5 Å². The number of nitrogens with one attached hydrogen (secondary N) is 1. The molecule has 1 N–H and O–H groups in total. The van der Waals surface area contributed by atoms with Gasteiger partial charge in [0.25, 0.3) is 0 Å². The van der Waals surface area contributed by atoms with E-state index in [-0.39, 0.29) is 30.0 Å². The van der Waals surface area contributed by atoms with Gasteiger partial charge in [-0.1, -0.05) is 35.9 Å². The van der Waals surface area contributed by atoms with E-state index in [1.54, 1.807) is 6.92 Å². The molecular formula is C29H37ClN4O4. The number of hydrogen-bond donors (Lipinski definition) is 1. The molecule has 1 aromatic rings. The maximum atomic E-state index is 13.0. The molecule has 9 heteroatoms. The zero-order valence-corrected chi connectivity index (χ0v) is 23.0. The second kappa shape index (κ2) is 11.8. The molecule has 0 aromatic heterocycles. The predicted octanol–water partition coefficient (Wildman–Crippen LogP) is 4.06. The Hall–Kier alpha value is -2.97. The summed E-state index contributed by atoms with van der Waals surface area (Å²) in [7, 11) is 0. The summed E-state index contributed by atoms with van der Waals surface area (Å²) in [5.41, 5.74) is 3.36. The third kappa shape index (κ3) is 5.71. The Bertz CT molecular complexity index is 1140. The molecule has 3 unspecified atom stereocenters. The van der Waals surface area contributed by atoms with Crippen molar-refractivity contribution >= 4 is 23.6 Å². The van der Waals surface area contributed by atoms with E-state index in [4.69, 9.17) is 21.1 Å². The largest absolute Gasteiger partial charge is 0.494 e. The fraction of sp³-hybridized carbons (Fsp3) is 0.517. The third-order valence-electron chi connectivity index (χ3n) is 7.85. The van der Waals surface area contributed by atoms with Crippen LogP contribution in [0, 0.1) is 5.92 Å². The molecule has 4 aliphatic rings. The summed E-state index contributed by atoms with van der Waals surface area (Å²) in [5, 5.41) is 4.43. The molecule has 3 heterocycles. The van der Waals surface area contributed by atoms with Crippen molar-refractivity contribution < 1.29 is 19.1 Å². The smallest absolute Gasteiger partial charge is 0.410 e. The van der Waals surface area contributed by atoms with Gasteiger partial charge in [-0.25, -0.2) is 4.79 Å². The van der Waals surface area contributed by atoms with Crippen LogP contribution in [0.4, 0.5) is 4.79 Å². The maximum Gasteiger partial charge on any atom is 0.410 e. The van der Waals surface area contributed by atoms with E-state index in [2.05, 4.69) is 28.4 Å². The Morgan fingerprint density at radius 3 is 2.74 bits per heavy atom. The van der Waals surface area contributed by atoms with E-state index in [1.807, 2.05) is 41.0 Å². The van der Waals surface area contributed by atoms with Crippen LogP contribution in [-0.4, -0.2) is 85.2 Å². The number of hydrogen-bond acceptors (Lipinski definition) is 6. The molecule has 0 bridgehead atoms. The Kier molecular flexibility index (Phi) is 8.29. The number of rotatable bonds is 7. The number of allylic oxidation sites excluding steroid dienone is 2. The van der Waals surface area contributed by atoms with Gasteiger partial charge in [-0.2, -0.15) is 0 Å². The summed E-state index contributed by atoms with van der Waals surface area (Å²) >= 11 is 6.34. The Morgan fingerprint density at radius 2 is 1.97 bits per heavy atom. The van der Waals surface area contributed by atoms with Crippen molar-refractivity contribution in [1.29, 1.82) is 0 Å². The molecule has 3 atom stereocenters. The monoisotopic (exact) mass is 540 g/mol. The van der Waals surface area contributed by atoms with Gasteiger partial charge in [-0.15, -0.1) is 0 Å². The number of halogens is 1. The van der Waals surface area contributed by atoms with E-state index in [9.17, 15) is 9.59 Å². The van der Waals surface area contributed by atoms with Gasteiger partial charge in [0.15, 0.2) is 0 Å². The Morgan fingerprint density at radius 1 is 1.16 bits per heavy atom. The lowest BCUT2D eigenvalue weighted by Gasteiger charge is -2.37. The molecule has 0 radical (unpaired) electrons. The number of amides is 2. The number of carbonyl (C=O) groups is 2. The first-order valence-corrected chi connectivity index (χ1v) is 14.0. The topological polar surface area (TPSA) is 74.3 Å². The zero-order chi connectivity index (χ0) is 26.6. The molecule has 5 rings (SSSR count). The summed E-state index contributed by atoms with van der Waals surface area (Å²) in [4.78, 5) is 30.6. The molecule has 8 nitrogen and oxygen atoms in total. The molecular weight excluding hydrogens is 504 g/mol. The quantitative estimate of drug-likeness (QED) is 0.526. The number of ether oxygens (including phenoxy) is 2. The molecule has 0 spiro atoms. The fourth-order valence-electron chi connectivity index (χ4n) is 5.92. The molecule has 3 aliphatic heterocycles. The Labute approximate surface area is 229 Å². The Balaban J connectivity index is 1.27. The van der Waals surface area contributed by atoms with E-state index in [0.717, 1.165) is 67.6 Å². The minimum Gasteiger partial charge on any atom is -0.494 e. The molecule has 1 aliphatic carbocycles. The highest BCUT2D eigenvalue weighted by Gasteiger charge is 2.43. The molecule has 1 saturated heterocycles. The molecule has 2 amide bonds. The molecule has 1 fully saturated rings. The van der Waals surface area contributed by atoms with E-state index in [1.165, 1.54) is 5.57 Å². The number of carbonyl (C=O) groups excluding carboxylic acids is 2. The van der Waals surface area contributed by atoms with Gasteiger partial charge >= 0.3 is 6.09 Å². The van der Waals surface area contributed by atoms with Crippen molar-refractivity contribution in [2.45, 2.75) is 38.8 Å². The van der Waals surface area contributed by atoms with Crippen LogP contribution in [0.3, 0.4) is 0 Å². The zero-order valence-electron chi connectivity index (χ0n) is 22.2. The minimum absolute atomic E-state index is 0.142. The van der Waals surface area contributed by atoms with E-state index >= 15 is 0 Å². The standard InChI is InChI=1S/C29H37ClN4O4/c1-3-37-29(36)34-12-10-24-25-19-22(30)8-9-26(25)31-27(24)28(34)21-6-4-7-23(18-21)38-17-5-11-32-13-15-33(16-14-32)20(2)35/h4,6-9,18-19,25-26,28,31H,3,5,10-17H2,1-2H3. The maximum absolute atomic E-state index is 13.0. The number of piperazine rings is 1. The fourth-order valence-corrected chi connectivity index (χ4v) is 6.13. The van der Waals surface area contributed by atoms with E-state index in [0.29, 0.717) is 19.8 Å². The van der Waals surface area contributed by atoms with Crippen molar-refractivity contribution in [1.82, 2.24) is 20.0 Å². The second-order valence-electron chi connectivity index (χ2n) is 10.2. The van der Waals surface area contributed by atoms with Crippen LogP contribution in [0.1, 0.15) is 38.3 Å². The normalized spacial score (nSPS) is 24.9. The van der Waals surface area contributed by atoms with Crippen LogP contribution >= 0.6 is 11.6 Å². The first-order chi connectivity index (χ1) is 18.4. The second-order valence-corrected chi connectivity index (χ2v) is 10.6. The summed E-state index contributed by atoms with van der Waals surface area (Å²) < 4.78 is 11.6. The minimum atomic E-state index is -0.305. The van der Waals surface area contributed by atoms with Crippen LogP contribution in [0.5, 0.6) is 5.75 Å². The highest BCUT2D eigenvalue weighted by molar-refractivity contribution is 6.31. The average Bonchev–Trinajstić information content (AvgIpc) is 3.29. The number of benzene rings is 1. The SMILES string of the molecule is CCOC(=O)N1CCC2=C(NC3C=CC(Cl)=CC23)C1c1cccc(OCCCN2CCN(C(C)=O)CC2)c1. The van der Waals surface area contributed by atoms with Crippen LogP contribution in [-0.2, 0) is 9.53 Å². The third-order valence-corrected chi connectivity index (χ3v) is 8.10. The first-order valence-electron chi connectivity index (χ1n) is 13.6. The summed E-state index contributed by atoms with van der Waals surface area (Å²) in [6.45, 7) is 9.33.